The van der Waals surface area contributed by atoms with Crippen molar-refractivity contribution in [1.82, 2.24) is 9.78 Å². The minimum absolute atomic E-state index is 0.464. The molecule has 0 amide bonds. The highest BCUT2D eigenvalue weighted by Crippen LogP contribution is 2.34. The summed E-state index contributed by atoms with van der Waals surface area (Å²) in [6, 6.07) is 14.2. The third-order valence-electron chi connectivity index (χ3n) is 4.79. The van der Waals surface area contributed by atoms with Crippen molar-refractivity contribution < 1.29 is 13.9 Å². The largest absolute Gasteiger partial charge is 0.490 e. The van der Waals surface area contributed by atoms with Crippen LogP contribution in [0.15, 0.2) is 55.8 Å². The Labute approximate surface area is 192 Å². The van der Waals surface area contributed by atoms with Crippen LogP contribution in [0.2, 0.25) is 0 Å². The van der Waals surface area contributed by atoms with E-state index in [1.807, 2.05) is 49.7 Å². The Morgan fingerprint density at radius 1 is 1.03 bits per heavy atom. The first-order valence-corrected chi connectivity index (χ1v) is 11.3. The molecular weight excluding hydrogens is 512 g/mol. The van der Waals surface area contributed by atoms with Crippen LogP contribution in [-0.2, 0) is 6.54 Å². The summed E-state index contributed by atoms with van der Waals surface area (Å²) in [6.07, 6.45) is 0. The fourth-order valence-corrected chi connectivity index (χ4v) is 4.42. The van der Waals surface area contributed by atoms with E-state index < -0.39 is 0 Å². The average molecular weight is 534 g/mol. The molecule has 0 saturated heterocycles. The van der Waals surface area contributed by atoms with E-state index in [1.54, 1.807) is 0 Å². The summed E-state index contributed by atoms with van der Waals surface area (Å²) in [5.41, 5.74) is 1.82. The number of rotatable bonds is 7. The van der Waals surface area contributed by atoms with Crippen molar-refractivity contribution in [1.29, 1.82) is 0 Å². The smallest absolute Gasteiger partial charge is 0.212 e. The number of furan rings is 1. The summed E-state index contributed by atoms with van der Waals surface area (Å²) in [5, 5.41) is 6.97. The molecule has 156 valence electrons. The Morgan fingerprint density at radius 2 is 1.87 bits per heavy atom. The number of fused-ring (bicyclic) bond motifs is 1. The van der Waals surface area contributed by atoms with E-state index in [2.05, 4.69) is 50.1 Å². The highest BCUT2D eigenvalue weighted by atomic mass is 79.9. The number of hydrogen-bond donors (Lipinski definition) is 0. The van der Waals surface area contributed by atoms with Crippen molar-refractivity contribution in [3.63, 3.8) is 0 Å². The van der Waals surface area contributed by atoms with Gasteiger partial charge in [-0.15, -0.1) is 0 Å². The Hall–Kier alpha value is -2.25. The first-order chi connectivity index (χ1) is 14.5. The Kier molecular flexibility index (Phi) is 6.20. The third-order valence-corrected chi connectivity index (χ3v) is 6.10. The van der Waals surface area contributed by atoms with E-state index in [-0.39, 0.29) is 0 Å². The van der Waals surface area contributed by atoms with Gasteiger partial charge in [-0.1, -0.05) is 28.1 Å². The molecule has 0 fully saturated rings. The highest BCUT2D eigenvalue weighted by Gasteiger charge is 2.15. The van der Waals surface area contributed by atoms with Gasteiger partial charge in [0, 0.05) is 16.1 Å². The zero-order valence-corrected chi connectivity index (χ0v) is 20.2. The van der Waals surface area contributed by atoms with E-state index in [9.17, 15) is 0 Å². The van der Waals surface area contributed by atoms with Gasteiger partial charge in [0.05, 0.1) is 23.3 Å². The number of nitrogens with zero attached hydrogens (tertiary/aromatic N) is 2. The van der Waals surface area contributed by atoms with Crippen LogP contribution in [0.5, 0.6) is 11.6 Å². The molecule has 0 atom stereocenters. The topological polar surface area (TPSA) is 49.4 Å². The van der Waals surface area contributed by atoms with Crippen LogP contribution in [0.1, 0.15) is 18.4 Å². The zero-order valence-electron chi connectivity index (χ0n) is 17.0. The number of aryl methyl sites for hydroxylation is 2. The van der Waals surface area contributed by atoms with Crippen LogP contribution in [0.3, 0.4) is 0 Å². The van der Waals surface area contributed by atoms with Gasteiger partial charge in [0.2, 0.25) is 5.88 Å². The summed E-state index contributed by atoms with van der Waals surface area (Å²) in [5.74, 6) is 3.24. The number of halogens is 2. The maximum Gasteiger partial charge on any atom is 0.212 e. The van der Waals surface area contributed by atoms with Gasteiger partial charge in [-0.2, -0.15) is 5.10 Å². The second-order valence-electron chi connectivity index (χ2n) is 6.94. The summed E-state index contributed by atoms with van der Waals surface area (Å²) in [7, 11) is 0. The monoisotopic (exact) mass is 532 g/mol. The molecule has 0 aliphatic heterocycles. The van der Waals surface area contributed by atoms with Crippen LogP contribution >= 0.6 is 31.9 Å². The SMILES string of the molecule is CCOc1cc(-c2cc(C)oc2C)nn1CCOc1ccc2cc(Br)ccc2c1Br. The van der Waals surface area contributed by atoms with Crippen molar-refractivity contribution >= 4 is 42.6 Å². The molecule has 0 radical (unpaired) electrons. The minimum atomic E-state index is 0.464. The molecule has 4 aromatic rings. The normalized spacial score (nSPS) is 11.2. The molecule has 0 bridgehead atoms. The fourth-order valence-electron chi connectivity index (χ4n) is 3.44. The van der Waals surface area contributed by atoms with Gasteiger partial charge >= 0.3 is 0 Å². The Bertz CT molecular complexity index is 1200. The van der Waals surface area contributed by atoms with Gasteiger partial charge in [0.25, 0.3) is 0 Å². The molecule has 0 N–H and O–H groups in total. The summed E-state index contributed by atoms with van der Waals surface area (Å²) in [6.45, 7) is 7.44. The van der Waals surface area contributed by atoms with Crippen molar-refractivity contribution in [2.45, 2.75) is 27.3 Å². The average Bonchev–Trinajstić information content (AvgIpc) is 3.26. The van der Waals surface area contributed by atoms with Gasteiger partial charge in [-0.3, -0.25) is 0 Å². The number of ether oxygens (including phenoxy) is 2. The number of aromatic nitrogens is 2. The Morgan fingerprint density at radius 3 is 2.60 bits per heavy atom. The van der Waals surface area contributed by atoms with Gasteiger partial charge in [-0.25, -0.2) is 4.68 Å². The van der Waals surface area contributed by atoms with Crippen molar-refractivity contribution in [2.75, 3.05) is 13.2 Å². The Balaban J connectivity index is 1.52. The molecule has 7 heteroatoms. The highest BCUT2D eigenvalue weighted by molar-refractivity contribution is 9.11. The molecule has 0 spiro atoms. The molecule has 2 aromatic carbocycles. The van der Waals surface area contributed by atoms with Crippen LogP contribution in [0.4, 0.5) is 0 Å². The molecule has 30 heavy (non-hydrogen) atoms. The standard InChI is InChI=1S/C23H22Br2N2O3/c1-4-28-22-13-20(19-11-14(2)30-15(19)3)26-27(22)9-10-29-21-8-5-16-12-17(24)6-7-18(16)23(21)25/h5-8,11-13H,4,9-10H2,1-3H3. The maximum absolute atomic E-state index is 6.06. The second-order valence-corrected chi connectivity index (χ2v) is 8.65. The van der Waals surface area contributed by atoms with E-state index >= 15 is 0 Å². The first-order valence-electron chi connectivity index (χ1n) is 9.75. The molecule has 0 unspecified atom stereocenters. The molecule has 2 aromatic heterocycles. The van der Waals surface area contributed by atoms with Crippen LogP contribution in [0, 0.1) is 13.8 Å². The van der Waals surface area contributed by atoms with Crippen LogP contribution in [0.25, 0.3) is 22.0 Å². The van der Waals surface area contributed by atoms with Crippen LogP contribution in [-0.4, -0.2) is 23.0 Å². The first kappa shape index (κ1) is 21.0. The summed E-state index contributed by atoms with van der Waals surface area (Å²) < 4.78 is 21.3. The third kappa shape index (κ3) is 4.27. The minimum Gasteiger partial charge on any atom is -0.490 e. The van der Waals surface area contributed by atoms with Gasteiger partial charge < -0.3 is 13.9 Å². The van der Waals surface area contributed by atoms with Crippen molar-refractivity contribution in [3.05, 3.63) is 62.9 Å². The number of hydrogen-bond acceptors (Lipinski definition) is 4. The van der Waals surface area contributed by atoms with Gasteiger partial charge in [-0.05, 0) is 71.7 Å². The van der Waals surface area contributed by atoms with E-state index in [0.29, 0.717) is 19.8 Å². The molecule has 0 aliphatic carbocycles. The molecule has 5 nitrogen and oxygen atoms in total. The predicted octanol–water partition coefficient (Wildman–Crippen LogP) is 6.92. The number of benzene rings is 2. The summed E-state index contributed by atoms with van der Waals surface area (Å²) >= 11 is 7.19. The molecular formula is C23H22Br2N2O3. The lowest BCUT2D eigenvalue weighted by molar-refractivity contribution is 0.259. The molecule has 0 saturated carbocycles. The van der Waals surface area contributed by atoms with Gasteiger partial charge in [0.1, 0.15) is 23.9 Å². The van der Waals surface area contributed by atoms with Crippen LogP contribution < -0.4 is 9.47 Å². The lowest BCUT2D eigenvalue weighted by Gasteiger charge is -2.12. The molecule has 2 heterocycles. The summed E-state index contributed by atoms with van der Waals surface area (Å²) in [4.78, 5) is 0. The van der Waals surface area contributed by atoms with Crippen molar-refractivity contribution in [3.8, 4) is 22.9 Å². The fraction of sp³-hybridized carbons (Fsp3) is 0.261. The predicted molar refractivity (Wildman–Crippen MR) is 125 cm³/mol. The molecule has 0 aliphatic rings. The quantitative estimate of drug-likeness (QED) is 0.259. The zero-order chi connectivity index (χ0) is 21.3. The van der Waals surface area contributed by atoms with E-state index in [4.69, 9.17) is 19.0 Å². The van der Waals surface area contributed by atoms with E-state index in [0.717, 1.165) is 54.1 Å². The van der Waals surface area contributed by atoms with E-state index in [1.165, 1.54) is 0 Å². The maximum atomic E-state index is 6.06. The molecule has 4 rings (SSSR count). The second kappa shape index (κ2) is 8.86. The lowest BCUT2D eigenvalue weighted by Crippen LogP contribution is -2.11. The van der Waals surface area contributed by atoms with Gasteiger partial charge in [0.15, 0.2) is 0 Å². The van der Waals surface area contributed by atoms with Crippen molar-refractivity contribution in [2.24, 2.45) is 0 Å². The lowest BCUT2D eigenvalue weighted by atomic mass is 10.1.